The van der Waals surface area contributed by atoms with E-state index in [-0.39, 0.29) is 30.7 Å². The number of hydrazine groups is 1. The van der Waals surface area contributed by atoms with E-state index >= 15 is 0 Å². The molecule has 9 heteroatoms. The molecule has 2 aromatic rings. The Kier molecular flexibility index (Phi) is 6.85. The summed E-state index contributed by atoms with van der Waals surface area (Å²) in [6.45, 7) is 4.33. The van der Waals surface area contributed by atoms with Crippen molar-refractivity contribution in [3.05, 3.63) is 59.4 Å². The average Bonchev–Trinajstić information content (AvgIpc) is 2.71. The van der Waals surface area contributed by atoms with Gasteiger partial charge in [0.1, 0.15) is 18.6 Å². The molecule has 1 fully saturated rings. The number of hydrogen-bond donors (Lipinski definition) is 4. The highest BCUT2D eigenvalue weighted by Crippen LogP contribution is 2.29. The van der Waals surface area contributed by atoms with Crippen LogP contribution in [0, 0.1) is 5.82 Å². The third kappa shape index (κ3) is 5.58. The SMILES string of the molecule is CCOc1cc(/C=N/NC2NC(=O)NNC2C)ccc1OCc1ccccc1F. The Morgan fingerprint density at radius 1 is 1.21 bits per heavy atom. The molecule has 0 aliphatic carbocycles. The average molecular weight is 401 g/mol. The Balaban J connectivity index is 1.65. The van der Waals surface area contributed by atoms with Gasteiger partial charge < -0.3 is 14.8 Å². The summed E-state index contributed by atoms with van der Waals surface area (Å²) in [4.78, 5) is 11.4. The summed E-state index contributed by atoms with van der Waals surface area (Å²) in [5, 5.41) is 6.90. The van der Waals surface area contributed by atoms with Gasteiger partial charge >= 0.3 is 6.03 Å². The summed E-state index contributed by atoms with van der Waals surface area (Å²) in [6.07, 6.45) is 1.26. The van der Waals surface area contributed by atoms with Gasteiger partial charge in [0, 0.05) is 5.56 Å². The molecular weight excluding hydrogens is 377 g/mol. The molecule has 154 valence electrons. The monoisotopic (exact) mass is 401 g/mol. The van der Waals surface area contributed by atoms with Crippen LogP contribution in [0.4, 0.5) is 9.18 Å². The highest BCUT2D eigenvalue weighted by Gasteiger charge is 2.23. The molecule has 2 aromatic carbocycles. The van der Waals surface area contributed by atoms with E-state index in [4.69, 9.17) is 9.47 Å². The first kappa shape index (κ1) is 20.4. The molecule has 29 heavy (non-hydrogen) atoms. The lowest BCUT2D eigenvalue weighted by Gasteiger charge is -2.30. The van der Waals surface area contributed by atoms with Crippen molar-refractivity contribution in [2.24, 2.45) is 5.10 Å². The predicted molar refractivity (Wildman–Crippen MR) is 107 cm³/mol. The Morgan fingerprint density at radius 2 is 2.03 bits per heavy atom. The van der Waals surface area contributed by atoms with Crippen molar-refractivity contribution in [3.8, 4) is 11.5 Å². The minimum Gasteiger partial charge on any atom is -0.490 e. The van der Waals surface area contributed by atoms with Crippen molar-refractivity contribution in [1.82, 2.24) is 21.6 Å². The number of hydrogen-bond acceptors (Lipinski definition) is 6. The standard InChI is InChI=1S/C20H24FN5O3/c1-3-28-18-10-14(11-22-25-19-13(2)24-26-20(27)23-19)8-9-17(18)29-12-15-6-4-5-7-16(15)21/h4-11,13,19,24-25H,3,12H2,1-2H3,(H2,23,26,27)/b22-11+. The molecule has 1 aliphatic rings. The zero-order valence-corrected chi connectivity index (χ0v) is 16.2. The maximum atomic E-state index is 13.8. The number of halogens is 1. The summed E-state index contributed by atoms with van der Waals surface area (Å²) in [5.74, 6) is 0.746. The van der Waals surface area contributed by atoms with Gasteiger partial charge in [-0.2, -0.15) is 5.10 Å². The quantitative estimate of drug-likeness (QED) is 0.402. The Hall–Kier alpha value is -3.33. The van der Waals surface area contributed by atoms with E-state index in [1.807, 2.05) is 19.9 Å². The second kappa shape index (κ2) is 9.74. The van der Waals surface area contributed by atoms with Crippen LogP contribution >= 0.6 is 0 Å². The molecule has 0 saturated carbocycles. The van der Waals surface area contributed by atoms with Crippen molar-refractivity contribution in [2.45, 2.75) is 32.7 Å². The number of hydrazone groups is 1. The molecular formula is C20H24FN5O3. The fourth-order valence-electron chi connectivity index (χ4n) is 2.66. The minimum absolute atomic E-state index is 0.0574. The van der Waals surface area contributed by atoms with E-state index in [1.165, 1.54) is 6.07 Å². The van der Waals surface area contributed by atoms with Gasteiger partial charge in [0.2, 0.25) is 0 Å². The summed E-state index contributed by atoms with van der Waals surface area (Å²) in [7, 11) is 0. The highest BCUT2D eigenvalue weighted by molar-refractivity contribution is 5.80. The van der Waals surface area contributed by atoms with Gasteiger partial charge in [-0.1, -0.05) is 18.2 Å². The molecule has 2 unspecified atom stereocenters. The van der Waals surface area contributed by atoms with Crippen LogP contribution in [0.15, 0.2) is 47.6 Å². The molecule has 0 bridgehead atoms. The number of rotatable bonds is 8. The number of ether oxygens (including phenoxy) is 2. The molecule has 8 nitrogen and oxygen atoms in total. The van der Waals surface area contributed by atoms with Crippen LogP contribution in [-0.2, 0) is 6.61 Å². The van der Waals surface area contributed by atoms with Crippen molar-refractivity contribution in [2.75, 3.05) is 6.61 Å². The summed E-state index contributed by atoms with van der Waals surface area (Å²) in [5.41, 5.74) is 9.45. The molecule has 2 amide bonds. The summed E-state index contributed by atoms with van der Waals surface area (Å²) in [6, 6.07) is 11.4. The number of amides is 2. The second-order valence-electron chi connectivity index (χ2n) is 6.42. The summed E-state index contributed by atoms with van der Waals surface area (Å²) < 4.78 is 25.2. The lowest BCUT2D eigenvalue weighted by Crippen LogP contribution is -2.67. The van der Waals surface area contributed by atoms with Crippen LogP contribution < -0.4 is 31.1 Å². The van der Waals surface area contributed by atoms with E-state index in [0.29, 0.717) is 23.7 Å². The van der Waals surface area contributed by atoms with Crippen molar-refractivity contribution in [1.29, 1.82) is 0 Å². The van der Waals surface area contributed by atoms with Crippen LogP contribution in [-0.4, -0.2) is 31.1 Å². The fourth-order valence-corrected chi connectivity index (χ4v) is 2.66. The van der Waals surface area contributed by atoms with Gasteiger partial charge in [0.25, 0.3) is 0 Å². The highest BCUT2D eigenvalue weighted by atomic mass is 19.1. The Labute approximate surface area is 168 Å². The molecule has 0 aromatic heterocycles. The zero-order chi connectivity index (χ0) is 20.6. The first-order valence-corrected chi connectivity index (χ1v) is 9.30. The first-order valence-electron chi connectivity index (χ1n) is 9.30. The topological polar surface area (TPSA) is 96.0 Å². The van der Waals surface area contributed by atoms with Crippen molar-refractivity contribution >= 4 is 12.2 Å². The van der Waals surface area contributed by atoms with Crippen LogP contribution in [0.1, 0.15) is 25.0 Å². The maximum Gasteiger partial charge on any atom is 0.330 e. The number of benzene rings is 2. The second-order valence-corrected chi connectivity index (χ2v) is 6.42. The summed E-state index contributed by atoms with van der Waals surface area (Å²) >= 11 is 0. The van der Waals surface area contributed by atoms with Gasteiger partial charge in [-0.05, 0) is 43.7 Å². The first-order chi connectivity index (χ1) is 14.1. The molecule has 0 spiro atoms. The molecule has 1 saturated heterocycles. The van der Waals surface area contributed by atoms with Crippen molar-refractivity contribution < 1.29 is 18.7 Å². The Bertz CT molecular complexity index is 877. The van der Waals surface area contributed by atoms with E-state index in [2.05, 4.69) is 26.7 Å². The van der Waals surface area contributed by atoms with Crippen molar-refractivity contribution in [3.63, 3.8) is 0 Å². The minimum atomic E-state index is -0.352. The van der Waals surface area contributed by atoms with Crippen LogP contribution in [0.2, 0.25) is 0 Å². The normalized spacial score (nSPS) is 18.8. The van der Waals surface area contributed by atoms with E-state index in [9.17, 15) is 9.18 Å². The third-order valence-electron chi connectivity index (χ3n) is 4.24. The van der Waals surface area contributed by atoms with Gasteiger partial charge in [-0.25, -0.2) is 14.6 Å². The van der Waals surface area contributed by atoms with E-state index in [1.54, 1.807) is 36.5 Å². The van der Waals surface area contributed by atoms with Gasteiger partial charge in [0.15, 0.2) is 11.5 Å². The number of nitrogens with one attached hydrogen (secondary N) is 4. The van der Waals surface area contributed by atoms with Gasteiger partial charge in [0.05, 0.1) is 18.9 Å². The number of nitrogens with zero attached hydrogens (tertiary/aromatic N) is 1. The largest absolute Gasteiger partial charge is 0.490 e. The number of carbonyl (C=O) groups is 1. The van der Waals surface area contributed by atoms with Crippen LogP contribution in [0.5, 0.6) is 11.5 Å². The number of urea groups is 1. The number of carbonyl (C=O) groups excluding carboxylic acids is 1. The molecule has 2 atom stereocenters. The molecule has 3 rings (SSSR count). The van der Waals surface area contributed by atoms with E-state index < -0.39 is 0 Å². The predicted octanol–water partition coefficient (Wildman–Crippen LogP) is 2.26. The molecule has 1 heterocycles. The van der Waals surface area contributed by atoms with Crippen LogP contribution in [0.3, 0.4) is 0 Å². The molecule has 1 aliphatic heterocycles. The van der Waals surface area contributed by atoms with Gasteiger partial charge in [-0.3, -0.25) is 10.9 Å². The lowest BCUT2D eigenvalue weighted by atomic mass is 10.2. The lowest BCUT2D eigenvalue weighted by molar-refractivity contribution is 0.202. The van der Waals surface area contributed by atoms with Crippen LogP contribution in [0.25, 0.3) is 0 Å². The Morgan fingerprint density at radius 3 is 2.83 bits per heavy atom. The third-order valence-corrected chi connectivity index (χ3v) is 4.24. The smallest absolute Gasteiger partial charge is 0.330 e. The van der Waals surface area contributed by atoms with Gasteiger partial charge in [-0.15, -0.1) is 0 Å². The molecule has 4 N–H and O–H groups in total. The fraction of sp³-hybridized carbons (Fsp3) is 0.300. The zero-order valence-electron chi connectivity index (χ0n) is 16.2. The molecule has 0 radical (unpaired) electrons. The maximum absolute atomic E-state index is 13.8. The van der Waals surface area contributed by atoms with E-state index in [0.717, 1.165) is 5.56 Å².